The average Bonchev–Trinajstić information content (AvgIpc) is 3.38. The second kappa shape index (κ2) is 6.88. The predicted octanol–water partition coefficient (Wildman–Crippen LogP) is 3.22. The lowest BCUT2D eigenvalue weighted by Gasteiger charge is -2.20. The van der Waals surface area contributed by atoms with Crippen molar-refractivity contribution in [1.29, 1.82) is 0 Å². The first-order chi connectivity index (χ1) is 14.1. The summed E-state index contributed by atoms with van der Waals surface area (Å²) in [4.78, 5) is 28.9. The second-order valence-electron chi connectivity index (χ2n) is 7.37. The highest BCUT2D eigenvalue weighted by atomic mass is 16.7. The number of aromatic nitrogens is 3. The quantitative estimate of drug-likeness (QED) is 0.733. The molecular formula is C21H21N5O3. The largest absolute Gasteiger partial charge is 0.454 e. The van der Waals surface area contributed by atoms with E-state index in [0.29, 0.717) is 22.8 Å². The van der Waals surface area contributed by atoms with Crippen molar-refractivity contribution in [3.05, 3.63) is 41.3 Å². The van der Waals surface area contributed by atoms with Gasteiger partial charge in [-0.3, -0.25) is 4.79 Å². The Labute approximate surface area is 167 Å². The van der Waals surface area contributed by atoms with Crippen molar-refractivity contribution < 1.29 is 14.3 Å². The van der Waals surface area contributed by atoms with E-state index >= 15 is 0 Å². The first-order valence-corrected chi connectivity index (χ1v) is 9.70. The summed E-state index contributed by atoms with van der Waals surface area (Å²) >= 11 is 0. The number of amides is 1. The van der Waals surface area contributed by atoms with Crippen LogP contribution in [0, 0.1) is 13.8 Å². The van der Waals surface area contributed by atoms with Crippen molar-refractivity contribution in [2.45, 2.75) is 26.7 Å². The molecule has 0 atom stereocenters. The van der Waals surface area contributed by atoms with E-state index in [1.54, 1.807) is 18.2 Å². The summed E-state index contributed by atoms with van der Waals surface area (Å²) in [7, 11) is 0. The van der Waals surface area contributed by atoms with Gasteiger partial charge in [-0.15, -0.1) is 0 Å². The molecule has 5 rings (SSSR count). The molecule has 2 aliphatic heterocycles. The zero-order chi connectivity index (χ0) is 20.0. The Morgan fingerprint density at radius 2 is 1.83 bits per heavy atom. The number of fused-ring (bicyclic) bond motifs is 2. The minimum absolute atomic E-state index is 0.106. The molecule has 0 saturated carbocycles. The highest BCUT2D eigenvalue weighted by molar-refractivity contribution is 6.04. The summed E-state index contributed by atoms with van der Waals surface area (Å²) in [5.74, 6) is 1.78. The van der Waals surface area contributed by atoms with E-state index in [0.717, 1.165) is 48.4 Å². The van der Waals surface area contributed by atoms with Gasteiger partial charge < -0.3 is 19.7 Å². The van der Waals surface area contributed by atoms with Gasteiger partial charge in [-0.05, 0) is 50.5 Å². The van der Waals surface area contributed by atoms with Gasteiger partial charge in [0.2, 0.25) is 12.6 Å². The lowest BCUT2D eigenvalue weighted by Crippen LogP contribution is -2.23. The van der Waals surface area contributed by atoms with Crippen molar-refractivity contribution in [2.75, 3.05) is 30.1 Å². The number of carbonyl (C=O) groups excluding carboxylic acids is 1. The Morgan fingerprint density at radius 1 is 1.03 bits per heavy atom. The molecule has 0 spiro atoms. The molecular weight excluding hydrogens is 370 g/mol. The zero-order valence-corrected chi connectivity index (χ0v) is 16.4. The number of aryl methyl sites for hydroxylation is 2. The number of nitrogens with one attached hydrogen (secondary N) is 1. The van der Waals surface area contributed by atoms with Gasteiger partial charge >= 0.3 is 0 Å². The number of hydrogen-bond acceptors (Lipinski definition) is 7. The van der Waals surface area contributed by atoms with E-state index in [1.165, 1.54) is 0 Å². The molecule has 1 fully saturated rings. The Balaban J connectivity index is 1.54. The van der Waals surface area contributed by atoms with Gasteiger partial charge in [0.05, 0.1) is 5.39 Å². The monoisotopic (exact) mass is 391 g/mol. The van der Waals surface area contributed by atoms with Crippen LogP contribution in [0.15, 0.2) is 24.3 Å². The number of hydrogen-bond donors (Lipinski definition) is 1. The van der Waals surface area contributed by atoms with Crippen LogP contribution in [0.25, 0.3) is 11.0 Å². The maximum Gasteiger partial charge on any atom is 0.293 e. The molecule has 1 N–H and O–H groups in total. The molecule has 1 amide bonds. The molecule has 29 heavy (non-hydrogen) atoms. The van der Waals surface area contributed by atoms with Crippen molar-refractivity contribution in [2.24, 2.45) is 0 Å². The molecule has 0 aliphatic carbocycles. The van der Waals surface area contributed by atoms with Crippen molar-refractivity contribution in [3.63, 3.8) is 0 Å². The molecule has 8 heteroatoms. The number of benzene rings is 1. The van der Waals surface area contributed by atoms with Gasteiger partial charge in [-0.2, -0.15) is 0 Å². The van der Waals surface area contributed by atoms with Crippen LogP contribution in [0.4, 0.5) is 11.5 Å². The summed E-state index contributed by atoms with van der Waals surface area (Å²) in [6, 6.07) is 7.29. The molecule has 0 bridgehead atoms. The van der Waals surface area contributed by atoms with Crippen LogP contribution in [-0.2, 0) is 0 Å². The van der Waals surface area contributed by atoms with E-state index in [9.17, 15) is 4.79 Å². The molecule has 2 aliphatic rings. The minimum atomic E-state index is -0.382. The van der Waals surface area contributed by atoms with E-state index in [-0.39, 0.29) is 18.5 Å². The summed E-state index contributed by atoms with van der Waals surface area (Å²) in [5, 5.41) is 3.77. The molecule has 1 saturated heterocycles. The van der Waals surface area contributed by atoms with Gasteiger partial charge in [0.15, 0.2) is 17.1 Å². The molecule has 4 heterocycles. The van der Waals surface area contributed by atoms with Crippen LogP contribution in [0.1, 0.15) is 34.7 Å². The summed E-state index contributed by atoms with van der Waals surface area (Å²) in [5.41, 5.74) is 3.08. The van der Waals surface area contributed by atoms with Crippen molar-refractivity contribution >= 4 is 28.4 Å². The van der Waals surface area contributed by atoms with Crippen LogP contribution in [-0.4, -0.2) is 40.7 Å². The van der Waals surface area contributed by atoms with Crippen LogP contribution < -0.4 is 19.7 Å². The van der Waals surface area contributed by atoms with E-state index in [2.05, 4.69) is 25.2 Å². The van der Waals surface area contributed by atoms with Gasteiger partial charge in [-0.25, -0.2) is 15.0 Å². The molecule has 3 aromatic rings. The number of carbonyl (C=O) groups is 1. The summed E-state index contributed by atoms with van der Waals surface area (Å²) in [6.45, 7) is 5.98. The standard InChI is InChI=1S/C21H21N5O3/c1-12-9-13(2)22-18-17(12)20(26-7-3-4-8-26)25-19(24-18)21(27)23-14-5-6-15-16(10-14)29-11-28-15/h5-6,9-10H,3-4,7-8,11H2,1-2H3,(H,23,27). The average molecular weight is 391 g/mol. The summed E-state index contributed by atoms with van der Waals surface area (Å²) in [6.07, 6.45) is 2.23. The Hall–Kier alpha value is -3.42. The molecule has 148 valence electrons. The SMILES string of the molecule is Cc1cc(C)c2c(N3CCCC3)nc(C(=O)Nc3ccc4c(c3)OCO4)nc2n1. The third kappa shape index (κ3) is 3.20. The fourth-order valence-electron chi connectivity index (χ4n) is 3.88. The van der Waals surface area contributed by atoms with Gasteiger partial charge in [0.25, 0.3) is 5.91 Å². The number of ether oxygens (including phenoxy) is 2. The van der Waals surface area contributed by atoms with Gasteiger partial charge in [-0.1, -0.05) is 0 Å². The van der Waals surface area contributed by atoms with E-state index in [1.807, 2.05) is 19.9 Å². The van der Waals surface area contributed by atoms with Crippen molar-refractivity contribution in [1.82, 2.24) is 15.0 Å². The maximum absolute atomic E-state index is 12.9. The number of nitrogens with zero attached hydrogens (tertiary/aromatic N) is 4. The zero-order valence-electron chi connectivity index (χ0n) is 16.4. The van der Waals surface area contributed by atoms with Crippen LogP contribution >= 0.6 is 0 Å². The highest BCUT2D eigenvalue weighted by Gasteiger charge is 2.23. The van der Waals surface area contributed by atoms with Crippen molar-refractivity contribution in [3.8, 4) is 11.5 Å². The molecule has 0 unspecified atom stereocenters. The number of anilines is 2. The fraction of sp³-hybridized carbons (Fsp3) is 0.333. The number of rotatable bonds is 3. The molecule has 2 aromatic heterocycles. The molecule has 1 aromatic carbocycles. The predicted molar refractivity (Wildman–Crippen MR) is 109 cm³/mol. The smallest absolute Gasteiger partial charge is 0.293 e. The second-order valence-corrected chi connectivity index (χ2v) is 7.37. The van der Waals surface area contributed by atoms with E-state index < -0.39 is 0 Å². The van der Waals surface area contributed by atoms with Gasteiger partial charge in [0, 0.05) is 30.5 Å². The van der Waals surface area contributed by atoms with E-state index in [4.69, 9.17) is 9.47 Å². The molecule has 0 radical (unpaired) electrons. The third-order valence-corrected chi connectivity index (χ3v) is 5.21. The lowest BCUT2D eigenvalue weighted by atomic mass is 10.1. The summed E-state index contributed by atoms with van der Waals surface area (Å²) < 4.78 is 10.7. The van der Waals surface area contributed by atoms with Crippen LogP contribution in [0.2, 0.25) is 0 Å². The Bertz CT molecular complexity index is 1120. The lowest BCUT2D eigenvalue weighted by molar-refractivity contribution is 0.101. The van der Waals surface area contributed by atoms with Crippen LogP contribution in [0.3, 0.4) is 0 Å². The Morgan fingerprint density at radius 3 is 2.66 bits per heavy atom. The number of pyridine rings is 1. The Kier molecular flexibility index (Phi) is 4.19. The maximum atomic E-state index is 12.9. The van der Waals surface area contributed by atoms with Crippen LogP contribution in [0.5, 0.6) is 11.5 Å². The third-order valence-electron chi connectivity index (χ3n) is 5.21. The minimum Gasteiger partial charge on any atom is -0.454 e. The first kappa shape index (κ1) is 17.7. The molecule has 8 nitrogen and oxygen atoms in total. The first-order valence-electron chi connectivity index (χ1n) is 9.70. The topological polar surface area (TPSA) is 89.5 Å². The normalized spacial score (nSPS) is 15.2. The highest BCUT2D eigenvalue weighted by Crippen LogP contribution is 2.34. The fourth-order valence-corrected chi connectivity index (χ4v) is 3.88. The van der Waals surface area contributed by atoms with Gasteiger partial charge in [0.1, 0.15) is 5.82 Å².